The quantitative estimate of drug-likeness (QED) is 0.248. The van der Waals surface area contributed by atoms with Crippen molar-refractivity contribution in [2.45, 2.75) is 26.3 Å². The number of aliphatic imine (C=N–C) groups is 1. The van der Waals surface area contributed by atoms with Gasteiger partial charge in [0.1, 0.15) is 0 Å². The maximum atomic E-state index is 10.8. The molecular weight excluding hydrogens is 396 g/mol. The lowest BCUT2D eigenvalue weighted by Crippen LogP contribution is -2.14. The summed E-state index contributed by atoms with van der Waals surface area (Å²) in [5.41, 5.74) is 5.42. The van der Waals surface area contributed by atoms with Crippen molar-refractivity contribution >= 4 is 22.3 Å². The molecule has 0 atom stereocenters. The van der Waals surface area contributed by atoms with E-state index in [4.69, 9.17) is 4.99 Å². The van der Waals surface area contributed by atoms with Gasteiger partial charge in [-0.25, -0.2) is 4.99 Å². The highest BCUT2D eigenvalue weighted by atomic mass is 16.3. The molecule has 0 unspecified atom stereocenters. The van der Waals surface area contributed by atoms with Crippen LogP contribution in [0.3, 0.4) is 0 Å². The summed E-state index contributed by atoms with van der Waals surface area (Å²) >= 11 is 0. The van der Waals surface area contributed by atoms with Gasteiger partial charge < -0.3 is 15.4 Å². The SMILES string of the molecule is CCCCNCc1ccc(N=C(c2ccccc2)c2c(O)[nH]c3ccc(C#N)cc23)cc1. The fourth-order valence-corrected chi connectivity index (χ4v) is 3.70. The Morgan fingerprint density at radius 1 is 1.06 bits per heavy atom. The first kappa shape index (κ1) is 21.4. The van der Waals surface area contributed by atoms with Gasteiger partial charge in [-0.3, -0.25) is 0 Å². The van der Waals surface area contributed by atoms with Gasteiger partial charge in [0.2, 0.25) is 0 Å². The Bertz CT molecular complexity index is 1270. The first-order valence-electron chi connectivity index (χ1n) is 10.9. The van der Waals surface area contributed by atoms with Crippen LogP contribution in [0, 0.1) is 11.3 Å². The summed E-state index contributed by atoms with van der Waals surface area (Å²) < 4.78 is 0. The second-order valence-corrected chi connectivity index (χ2v) is 7.74. The maximum Gasteiger partial charge on any atom is 0.199 e. The van der Waals surface area contributed by atoms with E-state index in [1.165, 1.54) is 18.4 Å². The van der Waals surface area contributed by atoms with E-state index in [0.29, 0.717) is 16.8 Å². The molecule has 4 aromatic rings. The average molecular weight is 423 g/mol. The largest absolute Gasteiger partial charge is 0.494 e. The van der Waals surface area contributed by atoms with Crippen LogP contribution in [0.25, 0.3) is 10.9 Å². The molecule has 0 aliphatic carbocycles. The van der Waals surface area contributed by atoms with Gasteiger partial charge in [-0.2, -0.15) is 5.26 Å². The van der Waals surface area contributed by atoms with Crippen LogP contribution in [0.1, 0.15) is 42.0 Å². The van der Waals surface area contributed by atoms with Crippen LogP contribution >= 0.6 is 0 Å². The molecular formula is C27H26N4O. The summed E-state index contributed by atoms with van der Waals surface area (Å²) in [5, 5.41) is 24.3. The summed E-state index contributed by atoms with van der Waals surface area (Å²) in [7, 11) is 0. The zero-order chi connectivity index (χ0) is 22.3. The van der Waals surface area contributed by atoms with E-state index in [2.05, 4.69) is 35.4 Å². The van der Waals surface area contributed by atoms with Crippen molar-refractivity contribution in [1.29, 1.82) is 5.26 Å². The Labute approximate surface area is 188 Å². The van der Waals surface area contributed by atoms with Crippen LogP contribution in [-0.2, 0) is 6.54 Å². The van der Waals surface area contributed by atoms with Crippen LogP contribution in [0.15, 0.2) is 77.8 Å². The highest BCUT2D eigenvalue weighted by Gasteiger charge is 2.19. The minimum Gasteiger partial charge on any atom is -0.494 e. The molecule has 5 heteroatoms. The monoisotopic (exact) mass is 422 g/mol. The van der Waals surface area contributed by atoms with Gasteiger partial charge in [-0.1, -0.05) is 55.8 Å². The topological polar surface area (TPSA) is 84.2 Å². The van der Waals surface area contributed by atoms with Crippen molar-refractivity contribution in [2.24, 2.45) is 4.99 Å². The Balaban J connectivity index is 1.75. The van der Waals surface area contributed by atoms with Gasteiger partial charge in [-0.05, 0) is 48.9 Å². The van der Waals surface area contributed by atoms with Crippen LogP contribution in [-0.4, -0.2) is 22.3 Å². The number of aromatic nitrogens is 1. The third kappa shape index (κ3) is 4.72. The fourth-order valence-electron chi connectivity index (χ4n) is 3.70. The second-order valence-electron chi connectivity index (χ2n) is 7.74. The zero-order valence-electron chi connectivity index (χ0n) is 18.1. The number of nitrogens with zero attached hydrogens (tertiary/aromatic N) is 2. The highest BCUT2D eigenvalue weighted by molar-refractivity contribution is 6.22. The number of fused-ring (bicyclic) bond motifs is 1. The molecule has 0 fully saturated rings. The molecule has 0 aliphatic heterocycles. The Hall–Kier alpha value is -3.88. The normalized spacial score (nSPS) is 11.6. The van der Waals surface area contributed by atoms with Gasteiger partial charge in [0, 0.05) is 23.0 Å². The summed E-state index contributed by atoms with van der Waals surface area (Å²) in [4.78, 5) is 7.94. The van der Waals surface area contributed by atoms with Crippen molar-refractivity contribution in [3.05, 3.63) is 95.1 Å². The molecule has 0 saturated carbocycles. The molecule has 0 bridgehead atoms. The third-order valence-corrected chi connectivity index (χ3v) is 5.41. The van der Waals surface area contributed by atoms with E-state index in [0.717, 1.165) is 35.2 Å². The van der Waals surface area contributed by atoms with Gasteiger partial charge in [0.25, 0.3) is 0 Å². The number of hydrogen-bond donors (Lipinski definition) is 3. The number of unbranched alkanes of at least 4 members (excludes halogenated alkanes) is 1. The molecule has 1 aromatic heterocycles. The minimum absolute atomic E-state index is 0.0365. The predicted octanol–water partition coefficient (Wildman–Crippen LogP) is 5.80. The molecule has 0 saturated heterocycles. The average Bonchev–Trinajstić information content (AvgIpc) is 3.16. The van der Waals surface area contributed by atoms with E-state index < -0.39 is 0 Å². The zero-order valence-corrected chi connectivity index (χ0v) is 18.1. The molecule has 32 heavy (non-hydrogen) atoms. The van der Waals surface area contributed by atoms with Crippen molar-refractivity contribution in [3.8, 4) is 11.9 Å². The van der Waals surface area contributed by atoms with Gasteiger partial charge in [-0.15, -0.1) is 0 Å². The van der Waals surface area contributed by atoms with Gasteiger partial charge >= 0.3 is 0 Å². The molecule has 3 N–H and O–H groups in total. The molecule has 4 rings (SSSR count). The maximum absolute atomic E-state index is 10.8. The number of hydrogen-bond acceptors (Lipinski definition) is 4. The van der Waals surface area contributed by atoms with Gasteiger partial charge in [0.05, 0.1) is 28.6 Å². The number of nitrogens with one attached hydrogen (secondary N) is 2. The smallest absolute Gasteiger partial charge is 0.199 e. The van der Waals surface area contributed by atoms with E-state index in [1.807, 2.05) is 42.5 Å². The summed E-state index contributed by atoms with van der Waals surface area (Å²) in [6, 6.07) is 25.4. The van der Waals surface area contributed by atoms with Crippen LogP contribution in [0.5, 0.6) is 5.88 Å². The molecule has 1 heterocycles. The van der Waals surface area contributed by atoms with Crippen LogP contribution < -0.4 is 5.32 Å². The number of H-pyrrole nitrogens is 1. The molecule has 0 radical (unpaired) electrons. The molecule has 160 valence electrons. The lowest BCUT2D eigenvalue weighted by atomic mass is 10.00. The molecule has 5 nitrogen and oxygen atoms in total. The van der Waals surface area contributed by atoms with Crippen LogP contribution in [0.2, 0.25) is 0 Å². The van der Waals surface area contributed by atoms with Crippen molar-refractivity contribution in [3.63, 3.8) is 0 Å². The first-order chi connectivity index (χ1) is 15.7. The van der Waals surface area contributed by atoms with Crippen molar-refractivity contribution in [2.75, 3.05) is 6.54 Å². The van der Waals surface area contributed by atoms with Gasteiger partial charge in [0.15, 0.2) is 5.88 Å². The number of benzene rings is 3. The lowest BCUT2D eigenvalue weighted by molar-refractivity contribution is 0.457. The third-order valence-electron chi connectivity index (χ3n) is 5.41. The predicted molar refractivity (Wildman–Crippen MR) is 129 cm³/mol. The molecule has 3 aromatic carbocycles. The summed E-state index contributed by atoms with van der Waals surface area (Å²) in [6.07, 6.45) is 2.35. The number of aromatic amines is 1. The Morgan fingerprint density at radius 3 is 2.56 bits per heavy atom. The number of nitriles is 1. The summed E-state index contributed by atoms with van der Waals surface area (Å²) in [6.45, 7) is 4.03. The summed E-state index contributed by atoms with van der Waals surface area (Å²) in [5.74, 6) is 0.0365. The van der Waals surface area contributed by atoms with Crippen molar-refractivity contribution < 1.29 is 5.11 Å². The minimum atomic E-state index is 0.0365. The lowest BCUT2D eigenvalue weighted by Gasteiger charge is -2.09. The molecule has 0 spiro atoms. The number of rotatable bonds is 8. The van der Waals surface area contributed by atoms with E-state index >= 15 is 0 Å². The standard InChI is InChI=1S/C27H26N4O/c1-2-3-15-29-18-19-9-12-22(13-10-19)30-26(21-7-5-4-6-8-21)25-23-16-20(17-28)11-14-24(23)31-27(25)32/h4-14,16,29,31-32H,2-3,15,18H2,1H3. The van der Waals surface area contributed by atoms with E-state index in [-0.39, 0.29) is 5.88 Å². The fraction of sp³-hybridized carbons (Fsp3) is 0.185. The second kappa shape index (κ2) is 9.95. The van der Waals surface area contributed by atoms with Crippen molar-refractivity contribution in [1.82, 2.24) is 10.3 Å². The Morgan fingerprint density at radius 2 is 1.84 bits per heavy atom. The first-order valence-corrected chi connectivity index (χ1v) is 10.9. The Kier molecular flexibility index (Phi) is 6.64. The van der Waals surface area contributed by atoms with Crippen LogP contribution in [0.4, 0.5) is 5.69 Å². The van der Waals surface area contributed by atoms with E-state index in [1.54, 1.807) is 18.2 Å². The molecule has 0 aliphatic rings. The number of aromatic hydroxyl groups is 1. The highest BCUT2D eigenvalue weighted by Crippen LogP contribution is 2.32. The van der Waals surface area contributed by atoms with E-state index in [9.17, 15) is 10.4 Å². The molecule has 0 amide bonds.